The quantitative estimate of drug-likeness (QED) is 0.316. The van der Waals surface area contributed by atoms with E-state index in [9.17, 15) is 0 Å². The van der Waals surface area contributed by atoms with Crippen molar-refractivity contribution in [1.29, 1.82) is 0 Å². The van der Waals surface area contributed by atoms with E-state index >= 15 is 0 Å². The van der Waals surface area contributed by atoms with Gasteiger partial charge < -0.3 is 10.2 Å². The van der Waals surface area contributed by atoms with E-state index in [2.05, 4.69) is 51.2 Å². The van der Waals surface area contributed by atoms with Gasteiger partial charge in [-0.25, -0.2) is 4.98 Å². The van der Waals surface area contributed by atoms with Crippen LogP contribution in [-0.2, 0) is 6.54 Å². The highest BCUT2D eigenvalue weighted by molar-refractivity contribution is 14.0. The summed E-state index contributed by atoms with van der Waals surface area (Å²) in [7, 11) is 1.94. The normalized spacial score (nSPS) is 21.6. The summed E-state index contributed by atoms with van der Waals surface area (Å²) in [6.45, 7) is 13.5. The van der Waals surface area contributed by atoms with Gasteiger partial charge in [-0.05, 0) is 57.0 Å². The number of rotatable bonds is 7. The van der Waals surface area contributed by atoms with E-state index in [1.807, 2.05) is 7.05 Å². The minimum Gasteiger partial charge on any atom is -0.356 e. The Morgan fingerprint density at radius 1 is 1.24 bits per heavy atom. The SMILES string of the molecule is CCC(CC)C1CCN(C(=NC)NCC2CCN(Cc3csc(C)n3)CC2)C1.I. The highest BCUT2D eigenvalue weighted by Gasteiger charge is 2.29. The van der Waals surface area contributed by atoms with Gasteiger partial charge in [0.05, 0.1) is 10.7 Å². The fourth-order valence-corrected chi connectivity index (χ4v) is 5.55. The van der Waals surface area contributed by atoms with E-state index in [0.717, 1.165) is 43.3 Å². The molecular weight excluding hydrogens is 493 g/mol. The van der Waals surface area contributed by atoms with Gasteiger partial charge in [-0.2, -0.15) is 0 Å². The van der Waals surface area contributed by atoms with Crippen molar-refractivity contribution in [3.63, 3.8) is 0 Å². The lowest BCUT2D eigenvalue weighted by atomic mass is 9.87. The number of halogens is 1. The molecule has 0 bridgehead atoms. The van der Waals surface area contributed by atoms with E-state index in [-0.39, 0.29) is 24.0 Å². The van der Waals surface area contributed by atoms with E-state index in [4.69, 9.17) is 0 Å². The number of hydrogen-bond acceptors (Lipinski definition) is 4. The van der Waals surface area contributed by atoms with Crippen LogP contribution in [0.4, 0.5) is 0 Å². The second kappa shape index (κ2) is 12.4. The highest BCUT2D eigenvalue weighted by atomic mass is 127. The number of aliphatic imine (C=N–C) groups is 1. The zero-order valence-electron chi connectivity index (χ0n) is 18.7. The summed E-state index contributed by atoms with van der Waals surface area (Å²) in [5.74, 6) is 3.58. The fourth-order valence-electron chi connectivity index (χ4n) is 4.95. The summed E-state index contributed by atoms with van der Waals surface area (Å²) in [5, 5.41) is 7.07. The molecule has 1 atom stereocenters. The maximum absolute atomic E-state index is 4.61. The average Bonchev–Trinajstić information content (AvgIpc) is 3.34. The standard InChI is InChI=1S/C22H39N5S.HI/c1-5-19(6-2)20-9-12-27(14-20)22(23-4)24-13-18-7-10-26(11-8-18)15-21-16-28-17(3)25-21;/h16,18-20H,5-15H2,1-4H3,(H,23,24);1H. The van der Waals surface area contributed by atoms with Crippen LogP contribution in [0.2, 0.25) is 0 Å². The number of thiazole rings is 1. The van der Waals surface area contributed by atoms with Gasteiger partial charge in [0, 0.05) is 38.6 Å². The maximum atomic E-state index is 4.61. The topological polar surface area (TPSA) is 43.8 Å². The lowest BCUT2D eigenvalue weighted by Crippen LogP contribution is -2.44. The Balaban J connectivity index is 0.00000300. The molecule has 7 heteroatoms. The van der Waals surface area contributed by atoms with Gasteiger partial charge in [-0.15, -0.1) is 35.3 Å². The molecule has 1 N–H and O–H groups in total. The Bertz CT molecular complexity index is 622. The zero-order valence-corrected chi connectivity index (χ0v) is 21.8. The first-order chi connectivity index (χ1) is 13.6. The number of aryl methyl sites for hydroxylation is 1. The minimum atomic E-state index is 0. The van der Waals surface area contributed by atoms with Crippen LogP contribution < -0.4 is 5.32 Å². The van der Waals surface area contributed by atoms with Gasteiger partial charge in [-0.1, -0.05) is 26.7 Å². The van der Waals surface area contributed by atoms with Crippen LogP contribution in [0, 0.1) is 24.7 Å². The van der Waals surface area contributed by atoms with Crippen LogP contribution in [0.25, 0.3) is 0 Å². The van der Waals surface area contributed by atoms with Gasteiger partial charge in [0.2, 0.25) is 0 Å². The lowest BCUT2D eigenvalue weighted by molar-refractivity contribution is 0.176. The van der Waals surface area contributed by atoms with Crippen LogP contribution in [0.15, 0.2) is 10.4 Å². The van der Waals surface area contributed by atoms with E-state index < -0.39 is 0 Å². The molecule has 1 unspecified atom stereocenters. The molecule has 2 fully saturated rings. The first kappa shape index (κ1) is 24.9. The molecule has 2 aliphatic heterocycles. The summed E-state index contributed by atoms with van der Waals surface area (Å²) in [6.07, 6.45) is 6.47. The molecule has 5 nitrogen and oxygen atoms in total. The van der Waals surface area contributed by atoms with E-state index in [0.29, 0.717) is 0 Å². The predicted octanol–water partition coefficient (Wildman–Crippen LogP) is 4.62. The number of nitrogens with one attached hydrogen (secondary N) is 1. The highest BCUT2D eigenvalue weighted by Crippen LogP contribution is 2.28. The van der Waals surface area contributed by atoms with E-state index in [1.54, 1.807) is 11.3 Å². The Kier molecular flexibility index (Phi) is 10.7. The van der Waals surface area contributed by atoms with Crippen molar-refractivity contribution in [3.05, 3.63) is 16.1 Å². The molecule has 0 spiro atoms. The van der Waals surface area contributed by atoms with Crippen molar-refractivity contribution in [2.75, 3.05) is 39.8 Å². The van der Waals surface area contributed by atoms with Crippen LogP contribution >= 0.6 is 35.3 Å². The Hall–Kier alpha value is -0.410. The van der Waals surface area contributed by atoms with Gasteiger partial charge in [0.25, 0.3) is 0 Å². The number of guanidine groups is 1. The molecule has 1 aromatic heterocycles. The van der Waals surface area contributed by atoms with Crippen molar-refractivity contribution >= 4 is 41.3 Å². The van der Waals surface area contributed by atoms with Crippen molar-refractivity contribution in [2.45, 2.75) is 59.4 Å². The summed E-state index contributed by atoms with van der Waals surface area (Å²) in [6, 6.07) is 0. The second-order valence-corrected chi connectivity index (χ2v) is 9.64. The number of piperidine rings is 1. The summed E-state index contributed by atoms with van der Waals surface area (Å²) < 4.78 is 0. The Labute approximate surface area is 198 Å². The molecule has 0 saturated carbocycles. The third kappa shape index (κ3) is 7.06. The first-order valence-corrected chi connectivity index (χ1v) is 12.1. The molecule has 0 aliphatic carbocycles. The molecule has 0 amide bonds. The fraction of sp³-hybridized carbons (Fsp3) is 0.818. The van der Waals surface area contributed by atoms with E-state index in [1.165, 1.54) is 62.4 Å². The van der Waals surface area contributed by atoms with Crippen LogP contribution in [0.1, 0.15) is 56.7 Å². The number of aromatic nitrogens is 1. The molecule has 166 valence electrons. The number of hydrogen-bond donors (Lipinski definition) is 1. The molecule has 1 aromatic rings. The van der Waals surface area contributed by atoms with Gasteiger partial charge in [-0.3, -0.25) is 9.89 Å². The largest absolute Gasteiger partial charge is 0.356 e. The first-order valence-electron chi connectivity index (χ1n) is 11.2. The zero-order chi connectivity index (χ0) is 19.9. The summed E-state index contributed by atoms with van der Waals surface area (Å²) >= 11 is 1.76. The average molecular weight is 534 g/mol. The molecule has 0 radical (unpaired) electrons. The van der Waals surface area contributed by atoms with Crippen LogP contribution in [0.5, 0.6) is 0 Å². The number of nitrogens with zero attached hydrogens (tertiary/aromatic N) is 4. The molecular formula is C22H40IN5S. The monoisotopic (exact) mass is 533 g/mol. The summed E-state index contributed by atoms with van der Waals surface area (Å²) in [5.41, 5.74) is 1.24. The van der Waals surface area contributed by atoms with Gasteiger partial charge >= 0.3 is 0 Å². The van der Waals surface area contributed by atoms with Crippen LogP contribution in [-0.4, -0.2) is 60.5 Å². The van der Waals surface area contributed by atoms with Crippen molar-refractivity contribution in [3.8, 4) is 0 Å². The molecule has 0 aromatic carbocycles. The molecule has 29 heavy (non-hydrogen) atoms. The Morgan fingerprint density at radius 3 is 2.55 bits per heavy atom. The predicted molar refractivity (Wildman–Crippen MR) is 135 cm³/mol. The smallest absolute Gasteiger partial charge is 0.193 e. The summed E-state index contributed by atoms with van der Waals surface area (Å²) in [4.78, 5) is 14.2. The number of likely N-dealkylation sites (tertiary alicyclic amines) is 2. The van der Waals surface area contributed by atoms with Gasteiger partial charge in [0.1, 0.15) is 0 Å². The van der Waals surface area contributed by atoms with Gasteiger partial charge in [0.15, 0.2) is 5.96 Å². The van der Waals surface area contributed by atoms with Crippen molar-refractivity contribution < 1.29 is 0 Å². The Morgan fingerprint density at radius 2 is 1.97 bits per heavy atom. The second-order valence-electron chi connectivity index (χ2n) is 8.58. The molecule has 3 rings (SSSR count). The minimum absolute atomic E-state index is 0. The third-order valence-electron chi connectivity index (χ3n) is 6.76. The van der Waals surface area contributed by atoms with Crippen molar-refractivity contribution in [1.82, 2.24) is 20.1 Å². The van der Waals surface area contributed by atoms with Crippen LogP contribution in [0.3, 0.4) is 0 Å². The molecule has 2 aliphatic rings. The maximum Gasteiger partial charge on any atom is 0.193 e. The lowest BCUT2D eigenvalue weighted by Gasteiger charge is -2.32. The van der Waals surface area contributed by atoms with Crippen molar-refractivity contribution in [2.24, 2.45) is 22.7 Å². The molecule has 2 saturated heterocycles. The molecule has 3 heterocycles. The third-order valence-corrected chi connectivity index (χ3v) is 7.58.